The minimum Gasteiger partial charge on any atom is -0.488 e. The van der Waals surface area contributed by atoms with Crippen molar-refractivity contribution in [1.82, 2.24) is 5.43 Å². The third kappa shape index (κ3) is 5.45. The number of rotatable bonds is 6. The molecule has 3 aromatic rings. The number of anilines is 1. The first-order chi connectivity index (χ1) is 16.2. The molecule has 7 nitrogen and oxygen atoms in total. The first-order valence-corrected chi connectivity index (χ1v) is 11.4. The van der Waals surface area contributed by atoms with Crippen molar-refractivity contribution < 1.29 is 14.3 Å². The van der Waals surface area contributed by atoms with Gasteiger partial charge in [0.15, 0.2) is 0 Å². The lowest BCUT2D eigenvalue weighted by atomic mass is 9.96. The van der Waals surface area contributed by atoms with E-state index in [2.05, 4.69) is 21.9 Å². The molecule has 0 fully saturated rings. The number of nitriles is 1. The molecule has 1 aliphatic rings. The van der Waals surface area contributed by atoms with E-state index in [0.717, 1.165) is 41.7 Å². The molecule has 0 saturated carbocycles. The number of nitrogens with zero attached hydrogens (tertiary/aromatic N) is 2. The predicted octanol–water partition coefficient (Wildman–Crippen LogP) is 4.17. The first kappa shape index (κ1) is 22.2. The zero-order chi connectivity index (χ0) is 23.0. The molecule has 2 N–H and O–H groups in total. The van der Waals surface area contributed by atoms with E-state index in [1.807, 2.05) is 42.5 Å². The number of thiophene rings is 1. The SMILES string of the molecule is N#Cc1c(NC(=O)C(=O)NN=Cc2ccccc2OCc2ccccc2)sc2c1CCCC2. The van der Waals surface area contributed by atoms with Gasteiger partial charge in [-0.2, -0.15) is 10.4 Å². The van der Waals surface area contributed by atoms with Gasteiger partial charge in [-0.1, -0.05) is 42.5 Å². The van der Waals surface area contributed by atoms with Gasteiger partial charge in [0.1, 0.15) is 23.4 Å². The fourth-order valence-corrected chi connectivity index (χ4v) is 4.83. The van der Waals surface area contributed by atoms with E-state index in [9.17, 15) is 14.9 Å². The van der Waals surface area contributed by atoms with Gasteiger partial charge in [-0.3, -0.25) is 9.59 Å². The van der Waals surface area contributed by atoms with Crippen LogP contribution in [-0.2, 0) is 29.0 Å². The Morgan fingerprint density at radius 1 is 1.06 bits per heavy atom. The highest BCUT2D eigenvalue weighted by Crippen LogP contribution is 2.37. The second-order valence-electron chi connectivity index (χ2n) is 7.49. The van der Waals surface area contributed by atoms with E-state index in [1.165, 1.54) is 17.6 Å². The van der Waals surface area contributed by atoms with Crippen LogP contribution in [-0.4, -0.2) is 18.0 Å². The number of ether oxygens (including phenoxy) is 1. The number of carbonyl (C=O) groups is 2. The Hall–Kier alpha value is -3.96. The molecule has 1 aliphatic carbocycles. The maximum Gasteiger partial charge on any atom is 0.329 e. The number of carbonyl (C=O) groups excluding carboxylic acids is 2. The Morgan fingerprint density at radius 2 is 1.82 bits per heavy atom. The molecule has 0 bridgehead atoms. The third-order valence-electron chi connectivity index (χ3n) is 5.24. The molecule has 8 heteroatoms. The molecule has 2 amide bonds. The van der Waals surface area contributed by atoms with Gasteiger partial charge >= 0.3 is 11.8 Å². The summed E-state index contributed by atoms with van der Waals surface area (Å²) in [5.74, 6) is -1.17. The Morgan fingerprint density at radius 3 is 2.64 bits per heavy atom. The zero-order valence-corrected chi connectivity index (χ0v) is 18.7. The van der Waals surface area contributed by atoms with Crippen LogP contribution >= 0.6 is 11.3 Å². The Bertz CT molecular complexity index is 1230. The number of benzene rings is 2. The van der Waals surface area contributed by atoms with Crippen molar-refractivity contribution in [1.29, 1.82) is 5.26 Å². The number of hydrogen-bond donors (Lipinski definition) is 2. The maximum absolute atomic E-state index is 12.3. The summed E-state index contributed by atoms with van der Waals surface area (Å²) in [6, 6.07) is 19.2. The summed E-state index contributed by atoms with van der Waals surface area (Å²) in [7, 11) is 0. The van der Waals surface area contributed by atoms with Crippen LogP contribution in [0.2, 0.25) is 0 Å². The van der Waals surface area contributed by atoms with Crippen molar-refractivity contribution >= 4 is 34.4 Å². The molecule has 2 aromatic carbocycles. The molecule has 1 aromatic heterocycles. The van der Waals surface area contributed by atoms with Gasteiger partial charge in [0.05, 0.1) is 11.8 Å². The summed E-state index contributed by atoms with van der Waals surface area (Å²) in [6.45, 7) is 0.395. The summed E-state index contributed by atoms with van der Waals surface area (Å²) in [4.78, 5) is 25.7. The lowest BCUT2D eigenvalue weighted by Gasteiger charge is -2.09. The fraction of sp³-hybridized carbons (Fsp3) is 0.200. The van der Waals surface area contributed by atoms with Gasteiger partial charge < -0.3 is 10.1 Å². The van der Waals surface area contributed by atoms with Crippen LogP contribution in [0.15, 0.2) is 59.7 Å². The lowest BCUT2D eigenvalue weighted by molar-refractivity contribution is -0.136. The Balaban J connectivity index is 1.36. The number of hydrazone groups is 1. The standard InChI is InChI=1S/C25H22N4O3S/c26-14-20-19-11-5-7-13-22(19)33-25(20)28-23(30)24(31)29-27-15-18-10-4-6-12-21(18)32-16-17-8-2-1-3-9-17/h1-4,6,8-10,12,15H,5,7,11,13,16H2,(H,28,30)(H,29,31). The number of amides is 2. The fourth-order valence-electron chi connectivity index (χ4n) is 3.60. The number of para-hydroxylation sites is 1. The monoisotopic (exact) mass is 458 g/mol. The van der Waals surface area contributed by atoms with E-state index in [0.29, 0.717) is 28.5 Å². The summed E-state index contributed by atoms with van der Waals surface area (Å²) in [6.07, 6.45) is 5.24. The van der Waals surface area contributed by atoms with Gasteiger partial charge in [-0.25, -0.2) is 5.43 Å². The van der Waals surface area contributed by atoms with E-state index in [1.54, 1.807) is 12.1 Å². The number of hydrogen-bond acceptors (Lipinski definition) is 6. The maximum atomic E-state index is 12.3. The van der Waals surface area contributed by atoms with Crippen molar-refractivity contribution in [3.05, 3.63) is 81.7 Å². The molecule has 0 unspecified atom stereocenters. The van der Waals surface area contributed by atoms with Crippen molar-refractivity contribution in [3.8, 4) is 11.8 Å². The molecule has 4 rings (SSSR count). The predicted molar refractivity (Wildman–Crippen MR) is 127 cm³/mol. The minimum atomic E-state index is -0.913. The number of nitrogens with one attached hydrogen (secondary N) is 2. The van der Waals surface area contributed by atoms with Gasteiger partial charge in [0.2, 0.25) is 0 Å². The molecule has 1 heterocycles. The normalized spacial score (nSPS) is 12.6. The van der Waals surface area contributed by atoms with Crippen LogP contribution in [0.25, 0.3) is 0 Å². The summed E-state index contributed by atoms with van der Waals surface area (Å²) in [5.41, 5.74) is 5.38. The quantitative estimate of drug-likeness (QED) is 0.329. The molecule has 166 valence electrons. The van der Waals surface area contributed by atoms with Gasteiger partial charge in [-0.15, -0.1) is 11.3 Å². The van der Waals surface area contributed by atoms with Crippen LogP contribution in [0.4, 0.5) is 5.00 Å². The Kier molecular flexibility index (Phi) is 7.12. The summed E-state index contributed by atoms with van der Waals surface area (Å²) in [5, 5.41) is 16.4. The van der Waals surface area contributed by atoms with Gasteiger partial charge in [0, 0.05) is 10.4 Å². The second kappa shape index (κ2) is 10.6. The van der Waals surface area contributed by atoms with Crippen LogP contribution in [0, 0.1) is 11.3 Å². The van der Waals surface area contributed by atoms with Crippen LogP contribution < -0.4 is 15.5 Å². The van der Waals surface area contributed by atoms with E-state index in [-0.39, 0.29) is 0 Å². The molecule has 0 spiro atoms. The van der Waals surface area contributed by atoms with Crippen molar-refractivity contribution in [2.45, 2.75) is 32.3 Å². The van der Waals surface area contributed by atoms with Crippen molar-refractivity contribution in [2.75, 3.05) is 5.32 Å². The van der Waals surface area contributed by atoms with Crippen LogP contribution in [0.3, 0.4) is 0 Å². The highest BCUT2D eigenvalue weighted by atomic mass is 32.1. The molecule has 33 heavy (non-hydrogen) atoms. The highest BCUT2D eigenvalue weighted by Gasteiger charge is 2.23. The van der Waals surface area contributed by atoms with E-state index < -0.39 is 11.8 Å². The molecule has 0 saturated heterocycles. The van der Waals surface area contributed by atoms with Gasteiger partial charge in [-0.05, 0) is 48.9 Å². The zero-order valence-electron chi connectivity index (χ0n) is 17.8. The molecule has 0 radical (unpaired) electrons. The van der Waals surface area contributed by atoms with E-state index in [4.69, 9.17) is 4.74 Å². The largest absolute Gasteiger partial charge is 0.488 e. The topological polar surface area (TPSA) is 104 Å². The highest BCUT2D eigenvalue weighted by molar-refractivity contribution is 7.16. The molecular formula is C25H22N4O3S. The summed E-state index contributed by atoms with van der Waals surface area (Å²) >= 11 is 1.37. The second-order valence-corrected chi connectivity index (χ2v) is 8.60. The molecular weight excluding hydrogens is 436 g/mol. The third-order valence-corrected chi connectivity index (χ3v) is 6.45. The smallest absolute Gasteiger partial charge is 0.329 e. The molecule has 0 atom stereocenters. The average molecular weight is 459 g/mol. The van der Waals surface area contributed by atoms with Crippen LogP contribution in [0.1, 0.15) is 40.0 Å². The van der Waals surface area contributed by atoms with Gasteiger partial charge in [0.25, 0.3) is 0 Å². The summed E-state index contributed by atoms with van der Waals surface area (Å²) < 4.78 is 5.86. The van der Waals surface area contributed by atoms with Crippen LogP contribution in [0.5, 0.6) is 5.75 Å². The van der Waals surface area contributed by atoms with Crippen molar-refractivity contribution in [2.24, 2.45) is 5.10 Å². The number of fused-ring (bicyclic) bond motifs is 1. The lowest BCUT2D eigenvalue weighted by Crippen LogP contribution is -2.32. The molecule has 0 aliphatic heterocycles. The minimum absolute atomic E-state index is 0.395. The first-order valence-electron chi connectivity index (χ1n) is 10.6. The van der Waals surface area contributed by atoms with Crippen molar-refractivity contribution in [3.63, 3.8) is 0 Å². The number of aryl methyl sites for hydroxylation is 1. The average Bonchev–Trinajstić information content (AvgIpc) is 3.20. The Labute approximate surface area is 195 Å². The van der Waals surface area contributed by atoms with E-state index >= 15 is 0 Å².